The molecule has 0 radical (unpaired) electrons. The minimum atomic E-state index is 0. The third-order valence-electron chi connectivity index (χ3n) is 6.00. The van der Waals surface area contributed by atoms with Crippen molar-refractivity contribution in [3.63, 3.8) is 0 Å². The Hall–Kier alpha value is -2.63. The quantitative estimate of drug-likeness (QED) is 0.335. The van der Waals surface area contributed by atoms with Crippen molar-refractivity contribution in [3.8, 4) is 0 Å². The topological polar surface area (TPSA) is 80.2 Å². The number of nitrogens with zero attached hydrogens (tertiary/aromatic N) is 7. The average molecular weight is 564 g/mol. The number of anilines is 2. The van der Waals surface area contributed by atoms with E-state index >= 15 is 0 Å². The number of carbonyl (C=O) groups excluding carboxylic acids is 1. The highest BCUT2D eigenvalue weighted by Gasteiger charge is 2.23. The largest absolute Gasteiger partial charge is 0.368 e. The van der Waals surface area contributed by atoms with Gasteiger partial charge in [-0.3, -0.25) is 9.79 Å². The van der Waals surface area contributed by atoms with Gasteiger partial charge in [0.15, 0.2) is 5.96 Å². The molecular weight excluding hydrogens is 531 g/mol. The van der Waals surface area contributed by atoms with Crippen molar-refractivity contribution in [1.29, 1.82) is 0 Å². The summed E-state index contributed by atoms with van der Waals surface area (Å²) in [4.78, 5) is 34.5. The maximum atomic E-state index is 12.7. The number of benzene rings is 1. The highest BCUT2D eigenvalue weighted by Crippen LogP contribution is 2.16. The molecular formula is C23H33IN8O. The van der Waals surface area contributed by atoms with Gasteiger partial charge in [0, 0.05) is 90.5 Å². The number of hydrogen-bond acceptors (Lipinski definition) is 6. The van der Waals surface area contributed by atoms with Crippen molar-refractivity contribution in [2.75, 3.05) is 75.8 Å². The maximum absolute atomic E-state index is 12.7. The Kier molecular flexibility index (Phi) is 9.52. The van der Waals surface area contributed by atoms with Gasteiger partial charge in [0.25, 0.3) is 0 Å². The number of aromatic nitrogens is 2. The second kappa shape index (κ2) is 12.6. The number of amides is 1. The van der Waals surface area contributed by atoms with Gasteiger partial charge in [-0.05, 0) is 18.2 Å². The molecule has 0 unspecified atom stereocenters. The molecule has 4 rings (SSSR count). The van der Waals surface area contributed by atoms with E-state index in [-0.39, 0.29) is 29.9 Å². The fourth-order valence-corrected chi connectivity index (χ4v) is 4.20. The zero-order valence-electron chi connectivity index (χ0n) is 19.1. The first kappa shape index (κ1) is 25.0. The van der Waals surface area contributed by atoms with E-state index in [0.29, 0.717) is 13.0 Å². The van der Waals surface area contributed by atoms with Crippen LogP contribution in [0.1, 0.15) is 6.42 Å². The SMILES string of the molecule is CN=C(NCCC(=O)N1CCN(c2ccccc2)CC1)N1CCN(c2ncccn2)CC1.I. The molecule has 10 heteroatoms. The standard InChI is InChI=1S/C23H32N8O.HI/c1-24-22(30-16-18-31(19-17-30)23-25-9-5-10-26-23)27-11-8-21(32)29-14-12-28(13-15-29)20-6-3-2-4-7-20;/h2-7,9-10H,8,11-19H2,1H3,(H,24,27);1H. The molecule has 33 heavy (non-hydrogen) atoms. The van der Waals surface area contributed by atoms with Gasteiger partial charge < -0.3 is 24.9 Å². The van der Waals surface area contributed by atoms with Crippen LogP contribution in [0.4, 0.5) is 11.6 Å². The van der Waals surface area contributed by atoms with Crippen LogP contribution < -0.4 is 15.1 Å². The molecule has 2 aliphatic rings. The fourth-order valence-electron chi connectivity index (χ4n) is 4.20. The smallest absolute Gasteiger partial charge is 0.225 e. The number of guanidine groups is 1. The number of aliphatic imine (C=N–C) groups is 1. The van der Waals surface area contributed by atoms with Crippen LogP contribution in [0, 0.1) is 0 Å². The van der Waals surface area contributed by atoms with Crippen LogP contribution in [0.25, 0.3) is 0 Å². The third-order valence-corrected chi connectivity index (χ3v) is 6.00. The number of halogens is 1. The summed E-state index contributed by atoms with van der Waals surface area (Å²) < 4.78 is 0. The predicted octanol–water partition coefficient (Wildman–Crippen LogP) is 1.53. The van der Waals surface area contributed by atoms with Crippen LogP contribution >= 0.6 is 24.0 Å². The molecule has 0 spiro atoms. The monoisotopic (exact) mass is 564 g/mol. The lowest BCUT2D eigenvalue weighted by Gasteiger charge is -2.37. The van der Waals surface area contributed by atoms with Gasteiger partial charge in [-0.15, -0.1) is 24.0 Å². The first-order chi connectivity index (χ1) is 15.7. The van der Waals surface area contributed by atoms with E-state index in [1.807, 2.05) is 17.0 Å². The van der Waals surface area contributed by atoms with Crippen molar-refractivity contribution < 1.29 is 4.79 Å². The van der Waals surface area contributed by atoms with Crippen LogP contribution in [-0.4, -0.2) is 97.6 Å². The molecule has 1 aromatic heterocycles. The Morgan fingerprint density at radius 2 is 1.48 bits per heavy atom. The molecule has 1 aromatic carbocycles. The average Bonchev–Trinajstić information content (AvgIpc) is 2.88. The molecule has 9 nitrogen and oxygen atoms in total. The molecule has 1 N–H and O–H groups in total. The number of nitrogens with one attached hydrogen (secondary N) is 1. The number of rotatable bonds is 5. The van der Waals surface area contributed by atoms with Gasteiger partial charge in [-0.1, -0.05) is 18.2 Å². The number of para-hydroxylation sites is 1. The van der Waals surface area contributed by atoms with Crippen molar-refractivity contribution in [2.45, 2.75) is 6.42 Å². The number of piperazine rings is 2. The van der Waals surface area contributed by atoms with Gasteiger partial charge in [-0.25, -0.2) is 9.97 Å². The van der Waals surface area contributed by atoms with Gasteiger partial charge in [0.1, 0.15) is 0 Å². The van der Waals surface area contributed by atoms with Crippen molar-refractivity contribution >= 4 is 47.5 Å². The zero-order valence-corrected chi connectivity index (χ0v) is 21.5. The lowest BCUT2D eigenvalue weighted by molar-refractivity contribution is -0.131. The van der Waals surface area contributed by atoms with E-state index in [2.05, 4.69) is 59.2 Å². The van der Waals surface area contributed by atoms with Crippen LogP contribution in [-0.2, 0) is 4.79 Å². The number of hydrogen-bond donors (Lipinski definition) is 1. The Morgan fingerprint density at radius 1 is 0.879 bits per heavy atom. The molecule has 3 heterocycles. The third kappa shape index (κ3) is 6.68. The Balaban J connectivity index is 0.00000306. The summed E-state index contributed by atoms with van der Waals surface area (Å²) in [6.07, 6.45) is 4.02. The van der Waals surface area contributed by atoms with Crippen molar-refractivity contribution in [3.05, 3.63) is 48.8 Å². The molecule has 1 amide bonds. The highest BCUT2D eigenvalue weighted by molar-refractivity contribution is 14.0. The summed E-state index contributed by atoms with van der Waals surface area (Å²) >= 11 is 0. The minimum Gasteiger partial charge on any atom is -0.368 e. The molecule has 178 valence electrons. The van der Waals surface area contributed by atoms with E-state index in [9.17, 15) is 4.79 Å². The fraction of sp³-hybridized carbons (Fsp3) is 0.478. The summed E-state index contributed by atoms with van der Waals surface area (Å²) in [5.41, 5.74) is 1.23. The van der Waals surface area contributed by atoms with Gasteiger partial charge >= 0.3 is 0 Å². The van der Waals surface area contributed by atoms with Crippen LogP contribution in [0.3, 0.4) is 0 Å². The Labute approximate surface area is 212 Å². The highest BCUT2D eigenvalue weighted by atomic mass is 127. The second-order valence-electron chi connectivity index (χ2n) is 7.95. The van der Waals surface area contributed by atoms with Crippen LogP contribution in [0.5, 0.6) is 0 Å². The minimum absolute atomic E-state index is 0. The summed E-state index contributed by atoms with van der Waals surface area (Å²) in [5.74, 6) is 1.82. The molecule has 0 saturated carbocycles. The summed E-state index contributed by atoms with van der Waals surface area (Å²) in [6.45, 7) is 7.25. The lowest BCUT2D eigenvalue weighted by atomic mass is 10.2. The molecule has 2 saturated heterocycles. The molecule has 0 aliphatic carbocycles. The van der Waals surface area contributed by atoms with E-state index < -0.39 is 0 Å². The first-order valence-electron chi connectivity index (χ1n) is 11.3. The molecule has 0 bridgehead atoms. The van der Waals surface area contributed by atoms with E-state index in [1.165, 1.54) is 5.69 Å². The second-order valence-corrected chi connectivity index (χ2v) is 7.95. The summed E-state index contributed by atoms with van der Waals surface area (Å²) in [6, 6.07) is 12.2. The van der Waals surface area contributed by atoms with Gasteiger partial charge in [0.2, 0.25) is 11.9 Å². The number of carbonyl (C=O) groups is 1. The van der Waals surface area contributed by atoms with Crippen LogP contribution in [0.2, 0.25) is 0 Å². The molecule has 2 aliphatic heterocycles. The Bertz CT molecular complexity index is 882. The van der Waals surface area contributed by atoms with Crippen molar-refractivity contribution in [1.82, 2.24) is 25.1 Å². The normalized spacial score (nSPS) is 16.9. The summed E-state index contributed by atoms with van der Waals surface area (Å²) in [7, 11) is 1.79. The Morgan fingerprint density at radius 3 is 2.12 bits per heavy atom. The van der Waals surface area contributed by atoms with E-state index in [4.69, 9.17) is 0 Å². The zero-order chi connectivity index (χ0) is 22.2. The molecule has 0 atom stereocenters. The van der Waals surface area contributed by atoms with Gasteiger partial charge in [0.05, 0.1) is 0 Å². The lowest BCUT2D eigenvalue weighted by Crippen LogP contribution is -2.53. The molecule has 2 fully saturated rings. The van der Waals surface area contributed by atoms with Crippen LogP contribution in [0.15, 0.2) is 53.8 Å². The van der Waals surface area contributed by atoms with Crippen molar-refractivity contribution in [2.24, 2.45) is 4.99 Å². The molecule has 2 aromatic rings. The first-order valence-corrected chi connectivity index (χ1v) is 11.3. The summed E-state index contributed by atoms with van der Waals surface area (Å²) in [5, 5.41) is 3.37. The van der Waals surface area contributed by atoms with E-state index in [0.717, 1.165) is 64.3 Å². The van der Waals surface area contributed by atoms with E-state index in [1.54, 1.807) is 19.4 Å². The predicted molar refractivity (Wildman–Crippen MR) is 142 cm³/mol. The maximum Gasteiger partial charge on any atom is 0.225 e. The van der Waals surface area contributed by atoms with Gasteiger partial charge in [-0.2, -0.15) is 0 Å².